The van der Waals surface area contributed by atoms with Gasteiger partial charge in [-0.05, 0) is 12.1 Å². The number of carbonyl (C=O) groups excluding carboxylic acids is 2. The molecule has 0 aliphatic carbocycles. The Balaban J connectivity index is 1.52. The Morgan fingerprint density at radius 3 is 2.37 bits per heavy atom. The zero-order valence-electron chi connectivity index (χ0n) is 16.9. The van der Waals surface area contributed by atoms with Crippen molar-refractivity contribution >= 4 is 11.9 Å². The van der Waals surface area contributed by atoms with Crippen LogP contribution in [0, 0.1) is 0 Å². The average molecular weight is 417 g/mol. The van der Waals surface area contributed by atoms with Crippen molar-refractivity contribution in [3.8, 4) is 28.7 Å². The molecule has 2 aromatic rings. The summed E-state index contributed by atoms with van der Waals surface area (Å²) in [6, 6.07) is 10.2. The first-order valence-corrected chi connectivity index (χ1v) is 9.18. The van der Waals surface area contributed by atoms with Gasteiger partial charge in [-0.3, -0.25) is 4.79 Å². The molecule has 0 aromatic heterocycles. The molecule has 0 radical (unpaired) electrons. The second kappa shape index (κ2) is 9.73. The van der Waals surface area contributed by atoms with E-state index in [1.165, 1.54) is 33.5 Å². The van der Waals surface area contributed by atoms with Crippen molar-refractivity contribution < 1.29 is 38.0 Å². The highest BCUT2D eigenvalue weighted by molar-refractivity contribution is 5.95. The molecule has 0 unspecified atom stereocenters. The molecule has 0 bridgehead atoms. The van der Waals surface area contributed by atoms with Crippen molar-refractivity contribution in [2.24, 2.45) is 0 Å². The number of nitrogens with one attached hydrogen (secondary N) is 1. The predicted molar refractivity (Wildman–Crippen MR) is 106 cm³/mol. The quantitative estimate of drug-likeness (QED) is 0.649. The van der Waals surface area contributed by atoms with Crippen LogP contribution in [0.5, 0.6) is 28.7 Å². The van der Waals surface area contributed by atoms with Gasteiger partial charge in [-0.25, -0.2) is 4.79 Å². The lowest BCUT2D eigenvalue weighted by Gasteiger charge is -2.26. The van der Waals surface area contributed by atoms with Crippen molar-refractivity contribution in [1.82, 2.24) is 5.32 Å². The van der Waals surface area contributed by atoms with Gasteiger partial charge in [0.25, 0.3) is 5.91 Å². The van der Waals surface area contributed by atoms with E-state index in [9.17, 15) is 9.59 Å². The summed E-state index contributed by atoms with van der Waals surface area (Å²) >= 11 is 0. The van der Waals surface area contributed by atoms with Gasteiger partial charge < -0.3 is 33.7 Å². The highest BCUT2D eigenvalue weighted by Gasteiger charge is 2.22. The molecule has 0 saturated heterocycles. The summed E-state index contributed by atoms with van der Waals surface area (Å²) in [5.74, 6) is 1.07. The molecule has 1 atom stereocenters. The molecule has 1 aliphatic heterocycles. The van der Waals surface area contributed by atoms with Crippen molar-refractivity contribution in [3.63, 3.8) is 0 Å². The molecule has 1 amide bonds. The molecule has 9 nitrogen and oxygen atoms in total. The van der Waals surface area contributed by atoms with Crippen LogP contribution in [0.25, 0.3) is 0 Å². The normalized spacial score (nSPS) is 14.4. The lowest BCUT2D eigenvalue weighted by atomic mass is 10.1. The number of methoxy groups -OCH3 is 3. The summed E-state index contributed by atoms with van der Waals surface area (Å²) in [5, 5.41) is 2.66. The average Bonchev–Trinajstić information content (AvgIpc) is 2.79. The highest BCUT2D eigenvalue weighted by atomic mass is 16.6. The summed E-state index contributed by atoms with van der Waals surface area (Å²) in [6.07, 6.45) is -0.342. The standard InChI is InChI=1S/C21H23NO8/c1-25-17-9-19(27-3)18(26-2)8-14(17)21(24)29-12-20(23)22-10-13-11-28-15-6-4-5-7-16(15)30-13/h4-9,13H,10-12H2,1-3H3,(H,22,23)/t13-/m1/s1. The van der Waals surface area contributed by atoms with Gasteiger partial charge in [0.15, 0.2) is 29.6 Å². The second-order valence-electron chi connectivity index (χ2n) is 6.29. The van der Waals surface area contributed by atoms with Crippen molar-refractivity contribution in [2.45, 2.75) is 6.10 Å². The van der Waals surface area contributed by atoms with Crippen LogP contribution in [0.1, 0.15) is 10.4 Å². The van der Waals surface area contributed by atoms with Crippen LogP contribution in [0.3, 0.4) is 0 Å². The van der Waals surface area contributed by atoms with E-state index in [-0.39, 0.29) is 24.0 Å². The van der Waals surface area contributed by atoms with Crippen molar-refractivity contribution in [2.75, 3.05) is 41.1 Å². The van der Waals surface area contributed by atoms with E-state index in [0.717, 1.165) is 0 Å². The van der Waals surface area contributed by atoms with Gasteiger partial charge >= 0.3 is 5.97 Å². The molecule has 1 heterocycles. The molecule has 1 aliphatic rings. The maximum absolute atomic E-state index is 12.4. The number of amides is 1. The van der Waals surface area contributed by atoms with Crippen LogP contribution in [0.4, 0.5) is 0 Å². The Labute approximate surface area is 173 Å². The third kappa shape index (κ3) is 4.86. The molecular weight excluding hydrogens is 394 g/mol. The third-order valence-corrected chi connectivity index (χ3v) is 4.35. The largest absolute Gasteiger partial charge is 0.496 e. The Hall–Kier alpha value is -3.62. The van der Waals surface area contributed by atoms with E-state index in [0.29, 0.717) is 29.6 Å². The maximum atomic E-state index is 12.4. The SMILES string of the molecule is COc1cc(OC)c(C(=O)OCC(=O)NC[C@@H]2COc3ccccc3O2)cc1OC. The summed E-state index contributed by atoms with van der Waals surface area (Å²) in [4.78, 5) is 24.5. The van der Waals surface area contributed by atoms with E-state index in [2.05, 4.69) is 5.32 Å². The minimum absolute atomic E-state index is 0.114. The Kier molecular flexibility index (Phi) is 6.84. The lowest BCUT2D eigenvalue weighted by molar-refractivity contribution is -0.124. The number of ether oxygens (including phenoxy) is 6. The number of hydrogen-bond donors (Lipinski definition) is 1. The topological polar surface area (TPSA) is 102 Å². The number of esters is 1. The molecule has 0 spiro atoms. The van der Waals surface area contributed by atoms with Crippen molar-refractivity contribution in [1.29, 1.82) is 0 Å². The molecule has 9 heteroatoms. The first kappa shape index (κ1) is 21.1. The smallest absolute Gasteiger partial charge is 0.342 e. The van der Waals surface area contributed by atoms with Gasteiger partial charge in [-0.1, -0.05) is 12.1 Å². The number of fused-ring (bicyclic) bond motifs is 1. The molecular formula is C21H23NO8. The van der Waals surface area contributed by atoms with Crippen LogP contribution in [-0.4, -0.2) is 59.1 Å². The zero-order valence-corrected chi connectivity index (χ0v) is 16.9. The minimum Gasteiger partial charge on any atom is -0.496 e. The van der Waals surface area contributed by atoms with Gasteiger partial charge in [0.1, 0.15) is 24.0 Å². The zero-order chi connectivity index (χ0) is 21.5. The Morgan fingerprint density at radius 1 is 1.00 bits per heavy atom. The predicted octanol–water partition coefficient (Wildman–Crippen LogP) is 1.83. The number of para-hydroxylation sites is 2. The van der Waals surface area contributed by atoms with Crippen LogP contribution < -0.4 is 29.0 Å². The summed E-state index contributed by atoms with van der Waals surface area (Å²) in [6.45, 7) is 0.0603. The maximum Gasteiger partial charge on any atom is 0.342 e. The molecule has 0 saturated carbocycles. The minimum atomic E-state index is -0.728. The molecule has 30 heavy (non-hydrogen) atoms. The van der Waals surface area contributed by atoms with Crippen LogP contribution in [-0.2, 0) is 9.53 Å². The Morgan fingerprint density at radius 2 is 1.67 bits per heavy atom. The summed E-state index contributed by atoms with van der Waals surface area (Å²) in [7, 11) is 4.33. The van der Waals surface area contributed by atoms with Gasteiger partial charge in [-0.2, -0.15) is 0 Å². The van der Waals surface area contributed by atoms with Gasteiger partial charge in [0.05, 0.1) is 27.9 Å². The van der Waals surface area contributed by atoms with E-state index in [1.807, 2.05) is 18.2 Å². The van der Waals surface area contributed by atoms with E-state index in [4.69, 9.17) is 28.4 Å². The molecule has 0 fully saturated rings. The van der Waals surface area contributed by atoms with Crippen LogP contribution >= 0.6 is 0 Å². The number of rotatable bonds is 8. The summed E-state index contributed by atoms with van der Waals surface area (Å²) in [5.41, 5.74) is 0.114. The second-order valence-corrected chi connectivity index (χ2v) is 6.29. The number of benzene rings is 2. The van der Waals surface area contributed by atoms with Gasteiger partial charge in [0, 0.05) is 12.1 Å². The first-order chi connectivity index (χ1) is 14.5. The van der Waals surface area contributed by atoms with E-state index < -0.39 is 18.5 Å². The fourth-order valence-electron chi connectivity index (χ4n) is 2.84. The number of carbonyl (C=O) groups is 2. The molecule has 3 rings (SSSR count). The third-order valence-electron chi connectivity index (χ3n) is 4.35. The molecule has 1 N–H and O–H groups in total. The highest BCUT2D eigenvalue weighted by Crippen LogP contribution is 2.35. The first-order valence-electron chi connectivity index (χ1n) is 9.18. The van der Waals surface area contributed by atoms with Gasteiger partial charge in [0.2, 0.25) is 0 Å². The Bertz CT molecular complexity index is 914. The van der Waals surface area contributed by atoms with E-state index >= 15 is 0 Å². The monoisotopic (exact) mass is 417 g/mol. The molecule has 2 aromatic carbocycles. The van der Waals surface area contributed by atoms with Gasteiger partial charge in [-0.15, -0.1) is 0 Å². The fourth-order valence-corrected chi connectivity index (χ4v) is 2.84. The van der Waals surface area contributed by atoms with Crippen molar-refractivity contribution in [3.05, 3.63) is 42.0 Å². The summed E-state index contributed by atoms with van der Waals surface area (Å²) < 4.78 is 32.0. The van der Waals surface area contributed by atoms with E-state index in [1.54, 1.807) is 6.07 Å². The lowest BCUT2D eigenvalue weighted by Crippen LogP contribution is -2.42. The fraction of sp³-hybridized carbons (Fsp3) is 0.333. The molecule has 160 valence electrons. The van der Waals surface area contributed by atoms with Crippen LogP contribution in [0.15, 0.2) is 36.4 Å². The number of hydrogen-bond acceptors (Lipinski definition) is 8. The van der Waals surface area contributed by atoms with Crippen LogP contribution in [0.2, 0.25) is 0 Å².